The summed E-state index contributed by atoms with van der Waals surface area (Å²) in [5.41, 5.74) is 2.19. The summed E-state index contributed by atoms with van der Waals surface area (Å²) in [5.74, 6) is 1.86. The molecule has 0 amide bonds. The van der Waals surface area contributed by atoms with Crippen molar-refractivity contribution in [1.29, 1.82) is 0 Å². The highest BCUT2D eigenvalue weighted by Gasteiger charge is 2.12. The van der Waals surface area contributed by atoms with Crippen LogP contribution in [0.15, 0.2) is 41.5 Å². The molecular formula is C14H18IN5. The van der Waals surface area contributed by atoms with Crippen LogP contribution in [0.3, 0.4) is 0 Å². The maximum Gasteiger partial charge on any atom is 0.194 e. The van der Waals surface area contributed by atoms with Crippen molar-refractivity contribution < 1.29 is 0 Å². The lowest BCUT2D eigenvalue weighted by molar-refractivity contribution is 0.532. The van der Waals surface area contributed by atoms with E-state index in [-0.39, 0.29) is 24.0 Å². The number of likely N-dealkylation sites (N-methyl/N-ethyl adjacent to an activating group) is 1. The first kappa shape index (κ1) is 14.8. The van der Waals surface area contributed by atoms with Gasteiger partial charge in [-0.3, -0.25) is 4.99 Å². The zero-order chi connectivity index (χ0) is 13.1. The minimum atomic E-state index is 0. The minimum Gasteiger partial charge on any atom is -0.349 e. The Balaban J connectivity index is 0.00000147. The summed E-state index contributed by atoms with van der Waals surface area (Å²) in [7, 11) is 2.04. The van der Waals surface area contributed by atoms with Crippen molar-refractivity contribution in [3.05, 3.63) is 42.4 Å². The third-order valence-electron chi connectivity index (χ3n) is 3.19. The van der Waals surface area contributed by atoms with Gasteiger partial charge in [-0.15, -0.1) is 24.0 Å². The SMILES string of the molecule is CN1CCN=C1NCc1ncc(-c2ccccc2)[nH]1.I. The van der Waals surface area contributed by atoms with Crippen molar-refractivity contribution in [1.82, 2.24) is 20.2 Å². The van der Waals surface area contributed by atoms with Crippen LogP contribution in [0.25, 0.3) is 11.3 Å². The van der Waals surface area contributed by atoms with Gasteiger partial charge in [0.1, 0.15) is 5.82 Å². The Morgan fingerprint density at radius 3 is 2.80 bits per heavy atom. The molecule has 2 N–H and O–H groups in total. The van der Waals surface area contributed by atoms with Gasteiger partial charge in [-0.05, 0) is 5.56 Å². The molecular weight excluding hydrogens is 365 g/mol. The van der Waals surface area contributed by atoms with E-state index in [1.54, 1.807) is 0 Å². The second-order valence-electron chi connectivity index (χ2n) is 4.59. The van der Waals surface area contributed by atoms with Crippen molar-refractivity contribution in [3.8, 4) is 11.3 Å². The number of hydrogen-bond donors (Lipinski definition) is 2. The van der Waals surface area contributed by atoms with Crippen LogP contribution in [0, 0.1) is 0 Å². The van der Waals surface area contributed by atoms with E-state index < -0.39 is 0 Å². The molecule has 0 fully saturated rings. The molecule has 0 atom stereocenters. The summed E-state index contributed by atoms with van der Waals surface area (Å²) < 4.78 is 0. The highest BCUT2D eigenvalue weighted by atomic mass is 127. The Morgan fingerprint density at radius 1 is 1.30 bits per heavy atom. The maximum absolute atomic E-state index is 4.39. The summed E-state index contributed by atoms with van der Waals surface area (Å²) >= 11 is 0. The Labute approximate surface area is 135 Å². The molecule has 1 aliphatic heterocycles. The zero-order valence-electron chi connectivity index (χ0n) is 11.3. The number of guanidine groups is 1. The van der Waals surface area contributed by atoms with E-state index in [0.29, 0.717) is 6.54 Å². The van der Waals surface area contributed by atoms with Gasteiger partial charge in [0.25, 0.3) is 0 Å². The zero-order valence-corrected chi connectivity index (χ0v) is 13.7. The number of benzene rings is 1. The number of aromatic amines is 1. The van der Waals surface area contributed by atoms with E-state index in [1.165, 1.54) is 0 Å². The van der Waals surface area contributed by atoms with Gasteiger partial charge in [-0.2, -0.15) is 0 Å². The smallest absolute Gasteiger partial charge is 0.194 e. The molecule has 2 aromatic rings. The topological polar surface area (TPSA) is 56.3 Å². The van der Waals surface area contributed by atoms with Crippen LogP contribution in [0.5, 0.6) is 0 Å². The predicted molar refractivity (Wildman–Crippen MR) is 91.2 cm³/mol. The van der Waals surface area contributed by atoms with Crippen LogP contribution in [0.1, 0.15) is 5.82 Å². The molecule has 0 spiro atoms. The largest absolute Gasteiger partial charge is 0.349 e. The molecule has 6 heteroatoms. The van der Waals surface area contributed by atoms with E-state index in [0.717, 1.165) is 36.1 Å². The fraction of sp³-hybridized carbons (Fsp3) is 0.286. The highest BCUT2D eigenvalue weighted by molar-refractivity contribution is 14.0. The summed E-state index contributed by atoms with van der Waals surface area (Å²) in [5, 5.41) is 3.29. The van der Waals surface area contributed by atoms with Crippen LogP contribution >= 0.6 is 24.0 Å². The first-order valence-electron chi connectivity index (χ1n) is 6.42. The van der Waals surface area contributed by atoms with Crippen LogP contribution in [0.2, 0.25) is 0 Å². The molecule has 5 nitrogen and oxygen atoms in total. The summed E-state index contributed by atoms with van der Waals surface area (Å²) in [6, 6.07) is 10.2. The van der Waals surface area contributed by atoms with Gasteiger partial charge in [0, 0.05) is 13.6 Å². The average Bonchev–Trinajstić information content (AvgIpc) is 3.06. The Bertz CT molecular complexity index is 578. The van der Waals surface area contributed by atoms with Crippen LogP contribution in [-0.2, 0) is 6.54 Å². The molecule has 0 saturated heterocycles. The Hall–Kier alpha value is -1.57. The van der Waals surface area contributed by atoms with Crippen LogP contribution < -0.4 is 5.32 Å². The van der Waals surface area contributed by atoms with Gasteiger partial charge in [0.05, 0.1) is 25.0 Å². The van der Waals surface area contributed by atoms with Gasteiger partial charge < -0.3 is 15.2 Å². The minimum absolute atomic E-state index is 0. The fourth-order valence-corrected chi connectivity index (χ4v) is 2.10. The lowest BCUT2D eigenvalue weighted by atomic mass is 10.2. The molecule has 2 heterocycles. The number of aromatic nitrogens is 2. The van der Waals surface area contributed by atoms with Gasteiger partial charge in [-0.25, -0.2) is 4.98 Å². The Kier molecular flexibility index (Phi) is 4.99. The van der Waals surface area contributed by atoms with Gasteiger partial charge in [-0.1, -0.05) is 30.3 Å². The highest BCUT2D eigenvalue weighted by Crippen LogP contribution is 2.15. The number of nitrogens with one attached hydrogen (secondary N) is 2. The number of aliphatic imine (C=N–C) groups is 1. The summed E-state index contributed by atoms with van der Waals surface area (Å²) in [4.78, 5) is 14.2. The predicted octanol–water partition coefficient (Wildman–Crippen LogP) is 2.09. The van der Waals surface area contributed by atoms with Gasteiger partial charge in [0.2, 0.25) is 0 Å². The first-order valence-corrected chi connectivity index (χ1v) is 6.42. The third-order valence-corrected chi connectivity index (χ3v) is 3.19. The van der Waals surface area contributed by atoms with Crippen molar-refractivity contribution in [3.63, 3.8) is 0 Å². The number of nitrogens with zero attached hydrogens (tertiary/aromatic N) is 3. The molecule has 0 aliphatic carbocycles. The molecule has 106 valence electrons. The fourth-order valence-electron chi connectivity index (χ4n) is 2.10. The number of H-pyrrole nitrogens is 1. The Morgan fingerprint density at radius 2 is 2.10 bits per heavy atom. The number of hydrogen-bond acceptors (Lipinski definition) is 4. The lowest BCUT2D eigenvalue weighted by Crippen LogP contribution is -2.35. The third kappa shape index (κ3) is 3.30. The molecule has 0 radical (unpaired) electrons. The number of imidazole rings is 1. The van der Waals surface area contributed by atoms with E-state index in [4.69, 9.17) is 0 Å². The summed E-state index contributed by atoms with van der Waals surface area (Å²) in [6.07, 6.45) is 1.87. The van der Waals surface area contributed by atoms with Gasteiger partial charge >= 0.3 is 0 Å². The van der Waals surface area contributed by atoms with E-state index in [9.17, 15) is 0 Å². The van der Waals surface area contributed by atoms with Crippen LogP contribution in [-0.4, -0.2) is 41.0 Å². The quantitative estimate of drug-likeness (QED) is 0.799. The monoisotopic (exact) mass is 383 g/mol. The van der Waals surface area contributed by atoms with E-state index in [2.05, 4.69) is 37.3 Å². The van der Waals surface area contributed by atoms with E-state index >= 15 is 0 Å². The lowest BCUT2D eigenvalue weighted by Gasteiger charge is -2.14. The van der Waals surface area contributed by atoms with Crippen molar-refractivity contribution >= 4 is 29.9 Å². The maximum atomic E-state index is 4.39. The molecule has 0 bridgehead atoms. The molecule has 0 unspecified atom stereocenters. The molecule has 1 aromatic carbocycles. The van der Waals surface area contributed by atoms with Gasteiger partial charge in [0.15, 0.2) is 5.96 Å². The van der Waals surface area contributed by atoms with Crippen molar-refractivity contribution in [2.45, 2.75) is 6.54 Å². The number of halogens is 1. The van der Waals surface area contributed by atoms with Crippen molar-refractivity contribution in [2.75, 3.05) is 20.1 Å². The molecule has 1 aromatic heterocycles. The molecule has 3 rings (SSSR count). The normalized spacial score (nSPS) is 13.8. The van der Waals surface area contributed by atoms with E-state index in [1.807, 2.05) is 31.4 Å². The van der Waals surface area contributed by atoms with Crippen LogP contribution in [0.4, 0.5) is 0 Å². The molecule has 1 aliphatic rings. The molecule has 0 saturated carbocycles. The first-order chi connectivity index (χ1) is 9.33. The van der Waals surface area contributed by atoms with Crippen molar-refractivity contribution in [2.24, 2.45) is 4.99 Å². The molecule has 20 heavy (non-hydrogen) atoms. The second kappa shape index (κ2) is 6.74. The summed E-state index contributed by atoms with van der Waals surface area (Å²) in [6.45, 7) is 2.51. The second-order valence-corrected chi connectivity index (χ2v) is 4.59. The average molecular weight is 383 g/mol. The number of rotatable bonds is 3. The standard InChI is InChI=1S/C14H17N5.HI/c1-19-8-7-15-14(19)17-10-13-16-9-12(18-13)11-5-3-2-4-6-11;/h2-6,9H,7-8,10H2,1H3,(H,15,17)(H,16,18);1H.